The van der Waals surface area contributed by atoms with Gasteiger partial charge in [0.1, 0.15) is 23.0 Å². The van der Waals surface area contributed by atoms with E-state index in [1.807, 2.05) is 31.2 Å². The van der Waals surface area contributed by atoms with E-state index in [1.165, 1.54) is 14.2 Å². The Balaban J connectivity index is 1.62. The SMILES string of the molecule is COc1cc(OC)cc(C(=O)Oc2cc(C)c3c(c2)O/C(=C\c2ccccc2C)C3=O)c1. The van der Waals surface area contributed by atoms with E-state index in [0.29, 0.717) is 28.4 Å². The normalized spacial score (nSPS) is 13.5. The minimum absolute atomic E-state index is 0.198. The summed E-state index contributed by atoms with van der Waals surface area (Å²) in [7, 11) is 3.01. The van der Waals surface area contributed by atoms with Crippen molar-refractivity contribution in [3.8, 4) is 23.0 Å². The van der Waals surface area contributed by atoms with Gasteiger partial charge in [-0.1, -0.05) is 24.3 Å². The van der Waals surface area contributed by atoms with Crippen LogP contribution in [0.1, 0.15) is 37.4 Å². The van der Waals surface area contributed by atoms with E-state index in [0.717, 1.165) is 11.1 Å². The predicted molar refractivity (Wildman–Crippen MR) is 120 cm³/mol. The maximum absolute atomic E-state index is 12.9. The number of methoxy groups -OCH3 is 2. The van der Waals surface area contributed by atoms with Crippen LogP contribution in [0.25, 0.3) is 6.08 Å². The number of aryl methyl sites for hydroxylation is 2. The number of hydrogen-bond donors (Lipinski definition) is 0. The molecule has 0 saturated carbocycles. The molecule has 0 bridgehead atoms. The van der Waals surface area contributed by atoms with Crippen LogP contribution in [0.15, 0.2) is 60.4 Å². The fraction of sp³-hybridized carbons (Fsp3) is 0.154. The number of ether oxygens (including phenoxy) is 4. The van der Waals surface area contributed by atoms with Crippen LogP contribution in [-0.2, 0) is 0 Å². The molecule has 0 aliphatic carbocycles. The molecule has 1 aliphatic rings. The van der Waals surface area contributed by atoms with Crippen LogP contribution in [0.2, 0.25) is 0 Å². The van der Waals surface area contributed by atoms with Crippen molar-refractivity contribution in [2.45, 2.75) is 13.8 Å². The molecule has 0 saturated heterocycles. The van der Waals surface area contributed by atoms with Gasteiger partial charge in [-0.2, -0.15) is 0 Å². The standard InChI is InChI=1S/C26H22O6/c1-15-7-5-6-8-17(15)12-23-25(27)24-16(2)9-21(14-22(24)32-23)31-26(28)18-10-19(29-3)13-20(11-18)30-4/h5-14H,1-4H3/b23-12-. The lowest BCUT2D eigenvalue weighted by atomic mass is 10.0. The number of Topliss-reactive ketones (excluding diaryl/α,β-unsaturated/α-hetero) is 1. The summed E-state index contributed by atoms with van der Waals surface area (Å²) in [6, 6.07) is 15.7. The molecule has 0 spiro atoms. The van der Waals surface area contributed by atoms with Gasteiger partial charge in [0.05, 0.1) is 25.3 Å². The van der Waals surface area contributed by atoms with Crippen LogP contribution in [0.5, 0.6) is 23.0 Å². The van der Waals surface area contributed by atoms with Gasteiger partial charge in [0.15, 0.2) is 5.76 Å². The van der Waals surface area contributed by atoms with Gasteiger partial charge in [0, 0.05) is 12.1 Å². The van der Waals surface area contributed by atoms with Crippen molar-refractivity contribution in [1.29, 1.82) is 0 Å². The zero-order valence-corrected chi connectivity index (χ0v) is 18.2. The summed E-state index contributed by atoms with van der Waals surface area (Å²) < 4.78 is 21.8. The van der Waals surface area contributed by atoms with Crippen LogP contribution in [0, 0.1) is 13.8 Å². The van der Waals surface area contributed by atoms with Crippen molar-refractivity contribution in [3.63, 3.8) is 0 Å². The Morgan fingerprint density at radius 2 is 1.56 bits per heavy atom. The zero-order chi connectivity index (χ0) is 22.8. The minimum atomic E-state index is -0.582. The monoisotopic (exact) mass is 430 g/mol. The minimum Gasteiger partial charge on any atom is -0.497 e. The molecule has 4 rings (SSSR count). The Hall–Kier alpha value is -4.06. The Morgan fingerprint density at radius 1 is 0.875 bits per heavy atom. The molecule has 6 nitrogen and oxygen atoms in total. The third-order valence-electron chi connectivity index (χ3n) is 5.22. The highest BCUT2D eigenvalue weighted by Crippen LogP contribution is 2.38. The van der Waals surface area contributed by atoms with Crippen LogP contribution in [0.3, 0.4) is 0 Å². The molecule has 6 heteroatoms. The summed E-state index contributed by atoms with van der Waals surface area (Å²) in [4.78, 5) is 25.6. The molecule has 0 radical (unpaired) electrons. The average Bonchev–Trinajstić information content (AvgIpc) is 3.10. The van der Waals surface area contributed by atoms with Crippen LogP contribution in [0.4, 0.5) is 0 Å². The Kier molecular flexibility index (Phi) is 5.69. The van der Waals surface area contributed by atoms with Gasteiger partial charge in [0.2, 0.25) is 5.78 Å². The first-order valence-electron chi connectivity index (χ1n) is 9.99. The second kappa shape index (κ2) is 8.59. The third-order valence-corrected chi connectivity index (χ3v) is 5.22. The molecule has 0 aromatic heterocycles. The van der Waals surface area contributed by atoms with E-state index < -0.39 is 5.97 Å². The number of benzene rings is 3. The maximum Gasteiger partial charge on any atom is 0.343 e. The lowest BCUT2D eigenvalue weighted by molar-refractivity contribution is 0.0733. The molecule has 0 N–H and O–H groups in total. The van der Waals surface area contributed by atoms with E-state index in [2.05, 4.69) is 0 Å². The summed E-state index contributed by atoms with van der Waals surface area (Å²) in [5.74, 6) is 1.04. The molecule has 0 unspecified atom stereocenters. The average molecular weight is 430 g/mol. The molecule has 3 aromatic carbocycles. The Morgan fingerprint density at radius 3 is 2.22 bits per heavy atom. The summed E-state index contributed by atoms with van der Waals surface area (Å²) >= 11 is 0. The topological polar surface area (TPSA) is 71.1 Å². The summed E-state index contributed by atoms with van der Waals surface area (Å²) in [6.07, 6.45) is 1.73. The van der Waals surface area contributed by atoms with Crippen molar-refractivity contribution < 1.29 is 28.5 Å². The Bertz CT molecular complexity index is 1230. The second-order valence-electron chi connectivity index (χ2n) is 7.40. The van der Waals surface area contributed by atoms with E-state index in [9.17, 15) is 9.59 Å². The number of hydrogen-bond acceptors (Lipinski definition) is 6. The number of fused-ring (bicyclic) bond motifs is 1. The molecular formula is C26H22O6. The molecule has 0 fully saturated rings. The highest BCUT2D eigenvalue weighted by molar-refractivity contribution is 6.15. The number of esters is 1. The predicted octanol–water partition coefficient (Wildman–Crippen LogP) is 5.16. The quantitative estimate of drug-likeness (QED) is 0.316. The van der Waals surface area contributed by atoms with Gasteiger partial charge in [0.25, 0.3) is 0 Å². The van der Waals surface area contributed by atoms with Crippen molar-refractivity contribution in [3.05, 3.63) is 88.2 Å². The highest BCUT2D eigenvalue weighted by Gasteiger charge is 2.30. The maximum atomic E-state index is 12.9. The molecule has 3 aromatic rings. The second-order valence-corrected chi connectivity index (χ2v) is 7.40. The summed E-state index contributed by atoms with van der Waals surface area (Å²) in [5.41, 5.74) is 3.34. The Labute approximate surface area is 186 Å². The third kappa shape index (κ3) is 4.07. The van der Waals surface area contributed by atoms with Crippen molar-refractivity contribution in [2.75, 3.05) is 14.2 Å². The zero-order valence-electron chi connectivity index (χ0n) is 18.2. The molecule has 162 valence electrons. The van der Waals surface area contributed by atoms with Gasteiger partial charge in [-0.25, -0.2) is 4.79 Å². The van der Waals surface area contributed by atoms with Gasteiger partial charge in [-0.3, -0.25) is 4.79 Å². The lowest BCUT2D eigenvalue weighted by Crippen LogP contribution is -2.09. The number of allylic oxidation sites excluding steroid dienone is 1. The fourth-order valence-electron chi connectivity index (χ4n) is 3.52. The van der Waals surface area contributed by atoms with Crippen molar-refractivity contribution in [1.82, 2.24) is 0 Å². The highest BCUT2D eigenvalue weighted by atomic mass is 16.5. The smallest absolute Gasteiger partial charge is 0.343 e. The van der Waals surface area contributed by atoms with Crippen molar-refractivity contribution >= 4 is 17.8 Å². The van der Waals surface area contributed by atoms with E-state index >= 15 is 0 Å². The van der Waals surface area contributed by atoms with Crippen LogP contribution < -0.4 is 18.9 Å². The summed E-state index contributed by atoms with van der Waals surface area (Å²) in [6.45, 7) is 3.75. The first-order valence-corrected chi connectivity index (χ1v) is 9.99. The van der Waals surface area contributed by atoms with E-state index in [1.54, 1.807) is 43.3 Å². The van der Waals surface area contributed by atoms with Gasteiger partial charge in [-0.05, 0) is 54.8 Å². The number of ketones is 1. The summed E-state index contributed by atoms with van der Waals surface area (Å²) in [5, 5.41) is 0. The first-order chi connectivity index (χ1) is 15.4. The number of carbonyl (C=O) groups is 2. The van der Waals surface area contributed by atoms with Crippen LogP contribution >= 0.6 is 0 Å². The van der Waals surface area contributed by atoms with E-state index in [4.69, 9.17) is 18.9 Å². The molecule has 32 heavy (non-hydrogen) atoms. The fourth-order valence-corrected chi connectivity index (χ4v) is 3.52. The lowest BCUT2D eigenvalue weighted by Gasteiger charge is -2.10. The molecule has 1 heterocycles. The van der Waals surface area contributed by atoms with Gasteiger partial charge < -0.3 is 18.9 Å². The number of rotatable bonds is 5. The first kappa shape index (κ1) is 21.2. The largest absolute Gasteiger partial charge is 0.497 e. The van der Waals surface area contributed by atoms with Gasteiger partial charge >= 0.3 is 5.97 Å². The van der Waals surface area contributed by atoms with E-state index in [-0.39, 0.29) is 22.9 Å². The molecule has 0 amide bonds. The van der Waals surface area contributed by atoms with Crippen LogP contribution in [-0.4, -0.2) is 26.0 Å². The van der Waals surface area contributed by atoms with Crippen molar-refractivity contribution in [2.24, 2.45) is 0 Å². The number of carbonyl (C=O) groups excluding carboxylic acids is 2. The molecule has 1 aliphatic heterocycles. The molecule has 0 atom stereocenters. The van der Waals surface area contributed by atoms with Gasteiger partial charge in [-0.15, -0.1) is 0 Å². The molecular weight excluding hydrogens is 408 g/mol.